The number of carbonyl (C=O) groups excluding carboxylic acids is 1. The zero-order chi connectivity index (χ0) is 33.6. The number of hydrogen-bond acceptors (Lipinski definition) is 6. The van der Waals surface area contributed by atoms with E-state index in [1.807, 2.05) is 12.1 Å². The Balaban J connectivity index is 1.04. The molecule has 9 atom stereocenters. The van der Waals surface area contributed by atoms with Crippen LogP contribution in [-0.4, -0.2) is 67.1 Å². The summed E-state index contributed by atoms with van der Waals surface area (Å²) in [6, 6.07) is 8.95. The molecule has 1 heterocycles. The van der Waals surface area contributed by atoms with Crippen LogP contribution in [0.5, 0.6) is 5.75 Å². The van der Waals surface area contributed by atoms with Gasteiger partial charge < -0.3 is 24.9 Å². The molecule has 7 heteroatoms. The van der Waals surface area contributed by atoms with Gasteiger partial charge in [0.25, 0.3) is 5.91 Å². The molecule has 1 aliphatic heterocycles. The molecule has 0 radical (unpaired) electrons. The van der Waals surface area contributed by atoms with Crippen molar-refractivity contribution in [2.24, 2.45) is 39.7 Å². The molecule has 4 aliphatic carbocycles. The van der Waals surface area contributed by atoms with Crippen molar-refractivity contribution in [2.75, 3.05) is 33.9 Å². The van der Waals surface area contributed by atoms with Crippen molar-refractivity contribution in [1.82, 2.24) is 10.2 Å². The number of nitrogens with one attached hydrogen (secondary N) is 1. The number of allylic oxidation sites excluding steroid dienone is 2. The van der Waals surface area contributed by atoms with Crippen LogP contribution in [0.1, 0.15) is 97.5 Å². The van der Waals surface area contributed by atoms with E-state index in [1.165, 1.54) is 11.1 Å². The van der Waals surface area contributed by atoms with E-state index >= 15 is 0 Å². The second kappa shape index (κ2) is 12.9. The highest BCUT2D eigenvalue weighted by atomic mass is 16.6. The van der Waals surface area contributed by atoms with E-state index in [0.29, 0.717) is 36.3 Å². The van der Waals surface area contributed by atoms with Crippen molar-refractivity contribution >= 4 is 11.6 Å². The maximum atomic E-state index is 12.9. The lowest BCUT2D eigenvalue weighted by molar-refractivity contribution is -0.125. The van der Waals surface area contributed by atoms with Crippen LogP contribution in [0, 0.1) is 46.8 Å². The molecule has 7 nitrogen and oxygen atoms in total. The molecular formula is C40H57N3O4. The molecule has 0 bridgehead atoms. The summed E-state index contributed by atoms with van der Waals surface area (Å²) in [4.78, 5) is 21.0. The summed E-state index contributed by atoms with van der Waals surface area (Å²) >= 11 is 0. The van der Waals surface area contributed by atoms with E-state index in [2.05, 4.69) is 74.2 Å². The number of nitrogens with zero attached hydrogens (tertiary/aromatic N) is 2. The molecule has 1 aromatic carbocycles. The molecule has 1 aromatic rings. The van der Waals surface area contributed by atoms with Crippen LogP contribution >= 0.6 is 0 Å². The first-order valence-electron chi connectivity index (χ1n) is 18.1. The van der Waals surface area contributed by atoms with Gasteiger partial charge in [0, 0.05) is 30.0 Å². The summed E-state index contributed by atoms with van der Waals surface area (Å²) in [6.07, 6.45) is 18.0. The summed E-state index contributed by atoms with van der Waals surface area (Å²) in [6.45, 7) is 10.9. The van der Waals surface area contributed by atoms with Gasteiger partial charge in [-0.3, -0.25) is 4.79 Å². The SMILES string of the molecule is C#C[C@]1(O)CC[C@H]2[C@@H]3CCC4=C/C(=N/OCC(=O)NCC[C@@]5(c6ccc(OC)cc6)C[C@H](C)N(C)C[C@H]5C)CC[C@]4(C)[C@H]3CC[C@@]21C. The van der Waals surface area contributed by atoms with Crippen molar-refractivity contribution in [3.8, 4) is 18.1 Å². The zero-order valence-electron chi connectivity index (χ0n) is 29.6. The van der Waals surface area contributed by atoms with Gasteiger partial charge >= 0.3 is 0 Å². The zero-order valence-corrected chi connectivity index (χ0v) is 29.6. The molecular weight excluding hydrogens is 586 g/mol. The standard InChI is InChI=1S/C40H57N3O4/c1-8-40(45)20-17-35-33-14-11-30-23-31(15-18-37(30,4)34(33)16-19-38(35,40)5)42-47-26-36(44)41-22-21-39(24-28(3)43(6)25-27(39)2)29-9-12-32(46-7)13-10-29/h1,9-10,12-13,23,27-28,33-35,45H,11,14-22,24-26H2,2-7H3,(H,41,44)/b42-31+/t27-,28+,33-,34+,35+,37+,38+,39-,40+/m1/s1. The van der Waals surface area contributed by atoms with E-state index in [0.717, 1.165) is 82.2 Å². The Morgan fingerprint density at radius 2 is 1.85 bits per heavy atom. The molecule has 0 unspecified atom stereocenters. The summed E-state index contributed by atoms with van der Waals surface area (Å²) in [7, 11) is 3.90. The summed E-state index contributed by atoms with van der Waals surface area (Å²) in [5.74, 6) is 5.70. The van der Waals surface area contributed by atoms with E-state index in [4.69, 9.17) is 16.0 Å². The first kappa shape index (κ1) is 34.1. The van der Waals surface area contributed by atoms with Crippen molar-refractivity contribution < 1.29 is 19.5 Å². The third-order valence-electron chi connectivity index (χ3n) is 14.2. The van der Waals surface area contributed by atoms with E-state index in [-0.39, 0.29) is 28.8 Å². The molecule has 1 amide bonds. The quantitative estimate of drug-likeness (QED) is 0.250. The Morgan fingerprint density at radius 1 is 1.11 bits per heavy atom. The van der Waals surface area contributed by atoms with Crippen molar-refractivity contribution in [3.05, 3.63) is 41.5 Å². The van der Waals surface area contributed by atoms with Gasteiger partial charge in [0.2, 0.25) is 0 Å². The van der Waals surface area contributed by atoms with E-state index < -0.39 is 5.60 Å². The summed E-state index contributed by atoms with van der Waals surface area (Å²) in [5.41, 5.74) is 2.74. The molecule has 1 saturated heterocycles. The van der Waals surface area contributed by atoms with E-state index in [1.54, 1.807) is 7.11 Å². The van der Waals surface area contributed by atoms with Gasteiger partial charge in [0.05, 0.1) is 12.8 Å². The van der Waals surface area contributed by atoms with Crippen LogP contribution in [0.15, 0.2) is 41.1 Å². The molecule has 5 aliphatic rings. The van der Waals surface area contributed by atoms with Crippen molar-refractivity contribution in [1.29, 1.82) is 0 Å². The molecule has 256 valence electrons. The minimum absolute atomic E-state index is 0.0241. The lowest BCUT2D eigenvalue weighted by Gasteiger charge is -2.58. The number of piperidine rings is 1. The summed E-state index contributed by atoms with van der Waals surface area (Å²) < 4.78 is 5.42. The predicted molar refractivity (Wildman–Crippen MR) is 187 cm³/mol. The number of terminal acetylenes is 1. The Kier molecular flexibility index (Phi) is 9.35. The first-order chi connectivity index (χ1) is 22.4. The van der Waals surface area contributed by atoms with Crippen LogP contribution in [-0.2, 0) is 15.0 Å². The molecule has 0 aromatic heterocycles. The van der Waals surface area contributed by atoms with E-state index in [9.17, 15) is 9.90 Å². The summed E-state index contributed by atoms with van der Waals surface area (Å²) in [5, 5.41) is 18.9. The number of carbonyl (C=O) groups is 1. The molecule has 0 spiro atoms. The maximum absolute atomic E-state index is 12.9. The maximum Gasteiger partial charge on any atom is 0.260 e. The third kappa shape index (κ3) is 5.82. The lowest BCUT2D eigenvalue weighted by atomic mass is 9.46. The number of benzene rings is 1. The molecule has 6 rings (SSSR count). The number of oxime groups is 1. The Hall–Kier alpha value is -2.82. The Labute approximate surface area is 282 Å². The van der Waals surface area contributed by atoms with Gasteiger partial charge in [-0.15, -0.1) is 6.42 Å². The monoisotopic (exact) mass is 643 g/mol. The van der Waals surface area contributed by atoms with Gasteiger partial charge in [0.1, 0.15) is 11.4 Å². The van der Waals surface area contributed by atoms with Crippen LogP contribution in [0.2, 0.25) is 0 Å². The second-order valence-electron chi connectivity index (χ2n) is 16.2. The highest BCUT2D eigenvalue weighted by molar-refractivity contribution is 5.96. The lowest BCUT2D eigenvalue weighted by Crippen LogP contribution is -2.54. The minimum atomic E-state index is -0.961. The molecule has 4 fully saturated rings. The topological polar surface area (TPSA) is 83.4 Å². The number of rotatable bonds is 8. The molecule has 47 heavy (non-hydrogen) atoms. The first-order valence-corrected chi connectivity index (χ1v) is 18.1. The van der Waals surface area contributed by atoms with Gasteiger partial charge in [-0.25, -0.2) is 0 Å². The van der Waals surface area contributed by atoms with Gasteiger partial charge in [0.15, 0.2) is 6.61 Å². The second-order valence-corrected chi connectivity index (χ2v) is 16.2. The largest absolute Gasteiger partial charge is 0.497 e. The number of hydrogen-bond donors (Lipinski definition) is 2. The van der Waals surface area contributed by atoms with Gasteiger partial charge in [-0.2, -0.15) is 0 Å². The van der Waals surface area contributed by atoms with Gasteiger partial charge in [-0.05, 0) is 131 Å². The average molecular weight is 644 g/mol. The normalized spacial score (nSPS) is 40.8. The predicted octanol–water partition coefficient (Wildman–Crippen LogP) is 6.50. The highest BCUT2D eigenvalue weighted by Gasteiger charge is 2.63. The number of methoxy groups -OCH3 is 1. The average Bonchev–Trinajstić information content (AvgIpc) is 3.34. The van der Waals surface area contributed by atoms with Crippen LogP contribution in [0.4, 0.5) is 0 Å². The van der Waals surface area contributed by atoms with Crippen molar-refractivity contribution in [3.63, 3.8) is 0 Å². The molecule has 3 saturated carbocycles. The van der Waals surface area contributed by atoms with Gasteiger partial charge in [-0.1, -0.05) is 49.6 Å². The number of ether oxygens (including phenoxy) is 1. The molecule has 2 N–H and O–H groups in total. The Bertz CT molecular complexity index is 1430. The van der Waals surface area contributed by atoms with Crippen LogP contribution in [0.25, 0.3) is 0 Å². The fraction of sp³-hybridized carbons (Fsp3) is 0.700. The Morgan fingerprint density at radius 3 is 2.57 bits per heavy atom. The van der Waals surface area contributed by atoms with Crippen LogP contribution in [0.3, 0.4) is 0 Å². The van der Waals surface area contributed by atoms with Crippen molar-refractivity contribution in [2.45, 2.75) is 109 Å². The highest BCUT2D eigenvalue weighted by Crippen LogP contribution is 2.67. The number of fused-ring (bicyclic) bond motifs is 5. The fourth-order valence-corrected chi connectivity index (χ4v) is 11.0. The number of aliphatic hydroxyl groups is 1. The fourth-order valence-electron chi connectivity index (χ4n) is 11.0. The minimum Gasteiger partial charge on any atom is -0.497 e. The smallest absolute Gasteiger partial charge is 0.260 e. The third-order valence-corrected chi connectivity index (χ3v) is 14.2. The number of likely N-dealkylation sites (tertiary alicyclic amines) is 1. The van der Waals surface area contributed by atoms with Crippen LogP contribution < -0.4 is 10.1 Å². The number of amides is 1.